The van der Waals surface area contributed by atoms with Gasteiger partial charge >= 0.3 is 5.97 Å². The molecule has 6 nitrogen and oxygen atoms in total. The molecule has 0 unspecified atom stereocenters. The van der Waals surface area contributed by atoms with E-state index in [1.54, 1.807) is 66.1 Å². The van der Waals surface area contributed by atoms with Gasteiger partial charge in [0.2, 0.25) is 15.5 Å². The van der Waals surface area contributed by atoms with Crippen molar-refractivity contribution in [3.05, 3.63) is 113 Å². The molecule has 0 aliphatic carbocycles. The molecule has 34 heavy (non-hydrogen) atoms. The molecular weight excluding hydrogens is 448 g/mol. The van der Waals surface area contributed by atoms with Gasteiger partial charge < -0.3 is 9.67 Å². The molecule has 0 spiro atoms. The Bertz CT molecular complexity index is 1500. The average molecular weight is 471 g/mol. The summed E-state index contributed by atoms with van der Waals surface area (Å²) in [6.45, 7) is 9.36. The van der Waals surface area contributed by atoms with Crippen LogP contribution in [0.3, 0.4) is 0 Å². The van der Waals surface area contributed by atoms with Crippen LogP contribution in [0.25, 0.3) is 16.1 Å². The zero-order chi connectivity index (χ0) is 24.3. The van der Waals surface area contributed by atoms with Gasteiger partial charge in [-0.15, -0.1) is 0 Å². The summed E-state index contributed by atoms with van der Waals surface area (Å²) >= 11 is 0. The van der Waals surface area contributed by atoms with E-state index in [0.29, 0.717) is 28.2 Å². The fourth-order valence-corrected chi connectivity index (χ4v) is 5.67. The number of hydrogen-bond acceptors (Lipinski definition) is 3. The first-order chi connectivity index (χ1) is 16.3. The normalized spacial score (nSPS) is 11.2. The number of hydrogen-bond donors (Lipinski definition) is 1. The van der Waals surface area contributed by atoms with Crippen LogP contribution in [-0.2, 0) is 27.6 Å². The molecule has 0 aliphatic rings. The van der Waals surface area contributed by atoms with E-state index < -0.39 is 15.8 Å². The highest BCUT2D eigenvalue weighted by Gasteiger charge is 2.26. The Morgan fingerprint density at radius 1 is 0.941 bits per heavy atom. The van der Waals surface area contributed by atoms with Crippen molar-refractivity contribution < 1.29 is 18.3 Å². The summed E-state index contributed by atoms with van der Waals surface area (Å²) in [6.07, 6.45) is 0.179. The number of rotatable bonds is 7. The molecule has 0 atom stereocenters. The Labute approximate surface area is 198 Å². The van der Waals surface area contributed by atoms with Gasteiger partial charge in [-0.2, -0.15) is 0 Å². The van der Waals surface area contributed by atoms with Gasteiger partial charge in [0.05, 0.1) is 22.1 Å². The smallest absolute Gasteiger partial charge is 0.323 e. The first-order valence-corrected chi connectivity index (χ1v) is 12.1. The summed E-state index contributed by atoms with van der Waals surface area (Å²) in [4.78, 5) is 15.8. The molecule has 3 aromatic carbocycles. The number of nitrogens with zero attached hydrogens (tertiary/aromatic N) is 2. The molecule has 0 aliphatic heterocycles. The van der Waals surface area contributed by atoms with E-state index in [1.807, 2.05) is 30.3 Å². The Hall–Kier alpha value is -4.15. The number of aliphatic carboxylic acids is 1. The summed E-state index contributed by atoms with van der Waals surface area (Å²) in [5.74, 6) is -1.02. The molecule has 7 heteroatoms. The second-order valence-electron chi connectivity index (χ2n) is 7.82. The molecule has 0 saturated carbocycles. The molecule has 1 heterocycles. The van der Waals surface area contributed by atoms with E-state index in [-0.39, 0.29) is 22.8 Å². The highest BCUT2D eigenvalue weighted by atomic mass is 32.2. The highest BCUT2D eigenvalue weighted by Crippen LogP contribution is 2.40. The van der Waals surface area contributed by atoms with Gasteiger partial charge in [0.1, 0.15) is 6.54 Å². The van der Waals surface area contributed by atoms with Crippen molar-refractivity contribution in [3.63, 3.8) is 0 Å². The minimum Gasteiger partial charge on any atom is -0.480 e. The quantitative estimate of drug-likeness (QED) is 0.361. The van der Waals surface area contributed by atoms with Gasteiger partial charge in [0.15, 0.2) is 0 Å². The van der Waals surface area contributed by atoms with Gasteiger partial charge in [0, 0.05) is 5.69 Å². The predicted octanol–water partition coefficient (Wildman–Crippen LogP) is 5.52. The van der Waals surface area contributed by atoms with Crippen LogP contribution in [0.1, 0.15) is 16.8 Å². The fraction of sp³-hybridized carbons (Fsp3) is 0.111. The summed E-state index contributed by atoms with van der Waals surface area (Å²) in [6, 6.07) is 24.1. The molecule has 170 valence electrons. The molecule has 0 saturated heterocycles. The van der Waals surface area contributed by atoms with E-state index >= 15 is 0 Å². The summed E-state index contributed by atoms with van der Waals surface area (Å²) < 4.78 is 28.4. The monoisotopic (exact) mass is 470 g/mol. The highest BCUT2D eigenvalue weighted by molar-refractivity contribution is 7.91. The van der Waals surface area contributed by atoms with Crippen LogP contribution < -0.4 is 0 Å². The Morgan fingerprint density at radius 2 is 1.53 bits per heavy atom. The van der Waals surface area contributed by atoms with E-state index in [9.17, 15) is 18.3 Å². The van der Waals surface area contributed by atoms with E-state index in [4.69, 9.17) is 6.57 Å². The fourth-order valence-electron chi connectivity index (χ4n) is 4.16. The van der Waals surface area contributed by atoms with Crippen molar-refractivity contribution in [1.29, 1.82) is 0 Å². The van der Waals surface area contributed by atoms with Crippen molar-refractivity contribution in [2.75, 3.05) is 0 Å². The van der Waals surface area contributed by atoms with Crippen molar-refractivity contribution in [2.45, 2.75) is 29.7 Å². The predicted molar refractivity (Wildman–Crippen MR) is 130 cm³/mol. The number of carboxylic acids is 1. The van der Waals surface area contributed by atoms with Crippen LogP contribution in [0.4, 0.5) is 5.69 Å². The van der Waals surface area contributed by atoms with Gasteiger partial charge in [-0.25, -0.2) is 13.3 Å². The minimum atomic E-state index is -3.78. The summed E-state index contributed by atoms with van der Waals surface area (Å²) in [5.41, 5.74) is 3.37. The molecule has 0 amide bonds. The van der Waals surface area contributed by atoms with Crippen LogP contribution in [0, 0.1) is 13.5 Å². The first-order valence-electron chi connectivity index (χ1n) is 10.6. The third-order valence-corrected chi connectivity index (χ3v) is 7.63. The van der Waals surface area contributed by atoms with Crippen LogP contribution in [0.5, 0.6) is 0 Å². The van der Waals surface area contributed by atoms with Crippen LogP contribution in [0.2, 0.25) is 0 Å². The molecule has 4 aromatic rings. The number of sulfone groups is 1. The lowest BCUT2D eigenvalue weighted by molar-refractivity contribution is -0.137. The molecule has 1 N–H and O–H groups in total. The Balaban J connectivity index is 1.90. The lowest BCUT2D eigenvalue weighted by atomic mass is 10.0. The van der Waals surface area contributed by atoms with E-state index in [1.165, 1.54) is 0 Å². The molecule has 4 rings (SSSR count). The zero-order valence-electron chi connectivity index (χ0n) is 18.5. The summed E-state index contributed by atoms with van der Waals surface area (Å²) in [5, 5.41) is 9.52. The van der Waals surface area contributed by atoms with Crippen molar-refractivity contribution >= 4 is 21.5 Å². The van der Waals surface area contributed by atoms with Gasteiger partial charge in [0.25, 0.3) is 0 Å². The zero-order valence-corrected chi connectivity index (χ0v) is 19.3. The topological polar surface area (TPSA) is 80.7 Å². The summed E-state index contributed by atoms with van der Waals surface area (Å²) in [7, 11) is -3.78. The Kier molecular flexibility index (Phi) is 6.35. The first kappa shape index (κ1) is 23.0. The van der Waals surface area contributed by atoms with Gasteiger partial charge in [-0.3, -0.25) is 4.79 Å². The SMILES string of the molecule is [C-]#[N+]c1c(Cc2ccccc2S(=O)(=O)c2ccccc2)c(C)n(CC(=O)O)c1-c1ccccc1. The van der Waals surface area contributed by atoms with Crippen molar-refractivity contribution in [1.82, 2.24) is 4.57 Å². The minimum absolute atomic E-state index is 0.170. The third kappa shape index (κ3) is 4.24. The van der Waals surface area contributed by atoms with Crippen molar-refractivity contribution in [2.24, 2.45) is 0 Å². The largest absolute Gasteiger partial charge is 0.480 e. The van der Waals surface area contributed by atoms with E-state index in [0.717, 1.165) is 5.56 Å². The lowest BCUT2D eigenvalue weighted by Gasteiger charge is -2.12. The number of aromatic nitrogens is 1. The molecular formula is C27H22N2O4S. The second-order valence-corrected chi connectivity index (χ2v) is 9.74. The molecule has 1 aromatic heterocycles. The maximum atomic E-state index is 13.4. The van der Waals surface area contributed by atoms with Crippen LogP contribution in [0.15, 0.2) is 94.7 Å². The number of carboxylic acid groups (broad SMARTS) is 1. The second kappa shape index (κ2) is 9.38. The maximum Gasteiger partial charge on any atom is 0.323 e. The standard InChI is InChI=1S/C27H22N2O4S/c1-19-23(26(28-2)27(29(19)18-25(30)31)20-11-5-3-6-12-20)17-21-13-9-10-16-24(21)34(32,33)22-14-7-4-8-15-22/h3-16H,17-18H2,1H3,(H,30,31). The maximum absolute atomic E-state index is 13.4. The number of carbonyl (C=O) groups is 1. The van der Waals surface area contributed by atoms with Gasteiger partial charge in [-0.05, 0) is 48.2 Å². The Morgan fingerprint density at radius 3 is 2.15 bits per heavy atom. The lowest BCUT2D eigenvalue weighted by Crippen LogP contribution is -2.12. The molecule has 0 bridgehead atoms. The van der Waals surface area contributed by atoms with E-state index in [2.05, 4.69) is 4.85 Å². The van der Waals surface area contributed by atoms with Gasteiger partial charge in [-0.1, -0.05) is 66.7 Å². The third-order valence-electron chi connectivity index (χ3n) is 5.76. The van der Waals surface area contributed by atoms with Crippen molar-refractivity contribution in [3.8, 4) is 11.3 Å². The average Bonchev–Trinajstić information content (AvgIpc) is 3.10. The van der Waals surface area contributed by atoms with Crippen LogP contribution >= 0.6 is 0 Å². The van der Waals surface area contributed by atoms with Crippen LogP contribution in [-0.4, -0.2) is 24.1 Å². The molecule has 0 fully saturated rings. The number of benzene rings is 3. The molecule has 0 radical (unpaired) electrons.